The number of hydrogen-bond donors (Lipinski definition) is 1. The third-order valence-corrected chi connectivity index (χ3v) is 3.38. The average Bonchev–Trinajstić information content (AvgIpc) is 2.84. The Hall–Kier alpha value is -1.46. The van der Waals surface area contributed by atoms with Crippen LogP contribution >= 0.6 is 11.6 Å². The zero-order chi connectivity index (χ0) is 14.0. The number of nitrogens with two attached hydrogens (primary N) is 1. The summed E-state index contributed by atoms with van der Waals surface area (Å²) in [6.07, 6.45) is 1.46. The SMILES string of the molecule is CCc1c(C(N)CC)nnn1-c1cc(F)ccc1Cl. The monoisotopic (exact) mass is 282 g/mol. The summed E-state index contributed by atoms with van der Waals surface area (Å²) in [7, 11) is 0. The summed E-state index contributed by atoms with van der Waals surface area (Å²) >= 11 is 6.10. The highest BCUT2D eigenvalue weighted by Gasteiger charge is 2.18. The van der Waals surface area contributed by atoms with Gasteiger partial charge in [0.05, 0.1) is 22.4 Å². The summed E-state index contributed by atoms with van der Waals surface area (Å²) in [6.45, 7) is 3.96. The zero-order valence-corrected chi connectivity index (χ0v) is 11.7. The molecule has 2 N–H and O–H groups in total. The predicted molar refractivity (Wildman–Crippen MR) is 72.9 cm³/mol. The molecule has 0 aliphatic heterocycles. The maximum Gasteiger partial charge on any atom is 0.125 e. The Bertz CT molecular complexity index is 582. The van der Waals surface area contributed by atoms with Crippen molar-refractivity contribution < 1.29 is 4.39 Å². The molecular formula is C13H16ClFN4. The number of rotatable bonds is 4. The van der Waals surface area contributed by atoms with E-state index in [1.54, 1.807) is 4.68 Å². The van der Waals surface area contributed by atoms with Crippen LogP contribution < -0.4 is 5.73 Å². The first-order chi connectivity index (χ1) is 9.08. The van der Waals surface area contributed by atoms with Crippen molar-refractivity contribution in [2.24, 2.45) is 5.73 Å². The smallest absolute Gasteiger partial charge is 0.125 e. The molecule has 0 saturated carbocycles. The minimum atomic E-state index is -0.363. The molecule has 0 aliphatic carbocycles. The molecule has 0 aliphatic rings. The van der Waals surface area contributed by atoms with Gasteiger partial charge in [0.2, 0.25) is 0 Å². The highest BCUT2D eigenvalue weighted by molar-refractivity contribution is 6.32. The second kappa shape index (κ2) is 5.67. The van der Waals surface area contributed by atoms with E-state index in [9.17, 15) is 4.39 Å². The van der Waals surface area contributed by atoms with Gasteiger partial charge in [0.15, 0.2) is 0 Å². The molecule has 0 bridgehead atoms. The molecule has 2 rings (SSSR count). The van der Waals surface area contributed by atoms with Crippen molar-refractivity contribution in [1.82, 2.24) is 15.0 Å². The lowest BCUT2D eigenvalue weighted by Gasteiger charge is -2.10. The maximum atomic E-state index is 13.4. The van der Waals surface area contributed by atoms with Gasteiger partial charge in [-0.05, 0) is 25.0 Å². The average molecular weight is 283 g/mol. The minimum absolute atomic E-state index is 0.170. The molecule has 1 heterocycles. The summed E-state index contributed by atoms with van der Waals surface area (Å²) in [4.78, 5) is 0. The van der Waals surface area contributed by atoms with Crippen molar-refractivity contribution in [2.75, 3.05) is 0 Å². The number of aromatic nitrogens is 3. The number of nitrogens with zero attached hydrogens (tertiary/aromatic N) is 3. The van der Waals surface area contributed by atoms with Crippen LogP contribution in [0.4, 0.5) is 4.39 Å². The van der Waals surface area contributed by atoms with E-state index < -0.39 is 0 Å². The summed E-state index contributed by atoms with van der Waals surface area (Å²) < 4.78 is 14.9. The Labute approximate surface area is 116 Å². The fraction of sp³-hybridized carbons (Fsp3) is 0.385. The predicted octanol–water partition coefficient (Wildman–Crippen LogP) is 3.03. The zero-order valence-electron chi connectivity index (χ0n) is 10.9. The molecule has 1 aromatic heterocycles. The highest BCUT2D eigenvalue weighted by Crippen LogP contribution is 2.25. The second-order valence-corrected chi connectivity index (χ2v) is 4.70. The fourth-order valence-corrected chi connectivity index (χ4v) is 2.16. The Balaban J connectivity index is 2.56. The quantitative estimate of drug-likeness (QED) is 0.938. The Morgan fingerprint density at radius 2 is 2.16 bits per heavy atom. The van der Waals surface area contributed by atoms with E-state index in [4.69, 9.17) is 17.3 Å². The molecule has 0 spiro atoms. The molecule has 19 heavy (non-hydrogen) atoms. The van der Waals surface area contributed by atoms with Crippen molar-refractivity contribution in [2.45, 2.75) is 32.7 Å². The van der Waals surface area contributed by atoms with Gasteiger partial charge in [0.1, 0.15) is 11.5 Å². The molecule has 0 saturated heterocycles. The second-order valence-electron chi connectivity index (χ2n) is 4.30. The standard InChI is InChI=1S/C13H16ClFN4/c1-3-10(16)13-11(4-2)19(18-17-13)12-7-8(15)5-6-9(12)14/h5-7,10H,3-4,16H2,1-2H3. The fourth-order valence-electron chi connectivity index (χ4n) is 1.97. The molecule has 0 radical (unpaired) electrons. The van der Waals surface area contributed by atoms with Crippen molar-refractivity contribution in [3.63, 3.8) is 0 Å². The molecule has 1 unspecified atom stereocenters. The van der Waals surface area contributed by atoms with Gasteiger partial charge in [-0.1, -0.05) is 30.7 Å². The van der Waals surface area contributed by atoms with Gasteiger partial charge in [-0.15, -0.1) is 5.10 Å². The molecule has 102 valence electrons. The van der Waals surface area contributed by atoms with E-state index in [1.165, 1.54) is 18.2 Å². The van der Waals surface area contributed by atoms with Gasteiger partial charge in [0, 0.05) is 6.07 Å². The molecular weight excluding hydrogens is 267 g/mol. The van der Waals surface area contributed by atoms with Crippen LogP contribution in [0, 0.1) is 5.82 Å². The topological polar surface area (TPSA) is 56.7 Å². The van der Waals surface area contributed by atoms with Crippen molar-refractivity contribution >= 4 is 11.6 Å². The molecule has 4 nitrogen and oxygen atoms in total. The van der Waals surface area contributed by atoms with E-state index in [0.717, 1.165) is 17.8 Å². The minimum Gasteiger partial charge on any atom is -0.323 e. The third-order valence-electron chi connectivity index (χ3n) is 3.06. The van der Waals surface area contributed by atoms with Crippen LogP contribution in [0.1, 0.15) is 37.7 Å². The van der Waals surface area contributed by atoms with E-state index in [1.807, 2.05) is 13.8 Å². The van der Waals surface area contributed by atoms with E-state index >= 15 is 0 Å². The summed E-state index contributed by atoms with van der Waals surface area (Å²) in [6, 6.07) is 3.99. The molecule has 1 atom stereocenters. The number of hydrogen-bond acceptors (Lipinski definition) is 3. The van der Waals surface area contributed by atoms with E-state index in [0.29, 0.717) is 17.1 Å². The van der Waals surface area contributed by atoms with Crippen molar-refractivity contribution in [3.05, 3.63) is 40.4 Å². The largest absolute Gasteiger partial charge is 0.323 e. The van der Waals surface area contributed by atoms with Crippen LogP contribution in [-0.2, 0) is 6.42 Å². The van der Waals surface area contributed by atoms with Crippen LogP contribution in [0.5, 0.6) is 0 Å². The Kier molecular flexibility index (Phi) is 4.17. The summed E-state index contributed by atoms with van der Waals surface area (Å²) in [5.41, 5.74) is 8.10. The van der Waals surface area contributed by atoms with Gasteiger partial charge < -0.3 is 5.73 Å². The van der Waals surface area contributed by atoms with Gasteiger partial charge in [0.25, 0.3) is 0 Å². The van der Waals surface area contributed by atoms with Crippen molar-refractivity contribution in [3.8, 4) is 5.69 Å². The first kappa shape index (κ1) is 14.0. The summed E-state index contributed by atoms with van der Waals surface area (Å²) in [5, 5.41) is 8.60. The molecule has 1 aromatic carbocycles. The lowest BCUT2D eigenvalue weighted by molar-refractivity contribution is 0.624. The van der Waals surface area contributed by atoms with E-state index in [2.05, 4.69) is 10.3 Å². The molecule has 6 heteroatoms. The van der Waals surface area contributed by atoms with Crippen LogP contribution in [-0.4, -0.2) is 15.0 Å². The normalized spacial score (nSPS) is 12.7. The lowest BCUT2D eigenvalue weighted by Crippen LogP contribution is -2.12. The van der Waals surface area contributed by atoms with Gasteiger partial charge in [-0.25, -0.2) is 9.07 Å². The Morgan fingerprint density at radius 3 is 2.79 bits per heavy atom. The van der Waals surface area contributed by atoms with Gasteiger partial charge in [-0.3, -0.25) is 0 Å². The van der Waals surface area contributed by atoms with Gasteiger partial charge in [-0.2, -0.15) is 0 Å². The molecule has 0 amide bonds. The van der Waals surface area contributed by atoms with Crippen LogP contribution in [0.15, 0.2) is 18.2 Å². The van der Waals surface area contributed by atoms with Gasteiger partial charge >= 0.3 is 0 Å². The lowest BCUT2D eigenvalue weighted by atomic mass is 10.1. The highest BCUT2D eigenvalue weighted by atomic mass is 35.5. The number of halogens is 2. The first-order valence-corrected chi connectivity index (χ1v) is 6.61. The Morgan fingerprint density at radius 1 is 1.42 bits per heavy atom. The van der Waals surface area contributed by atoms with E-state index in [-0.39, 0.29) is 11.9 Å². The van der Waals surface area contributed by atoms with Crippen LogP contribution in [0.25, 0.3) is 5.69 Å². The van der Waals surface area contributed by atoms with Crippen molar-refractivity contribution in [1.29, 1.82) is 0 Å². The maximum absolute atomic E-state index is 13.4. The summed E-state index contributed by atoms with van der Waals surface area (Å²) in [5.74, 6) is -0.363. The van der Waals surface area contributed by atoms with Crippen LogP contribution in [0.3, 0.4) is 0 Å². The molecule has 2 aromatic rings. The van der Waals surface area contributed by atoms with Crippen LogP contribution in [0.2, 0.25) is 5.02 Å². The number of benzene rings is 1. The molecule has 0 fully saturated rings. The third kappa shape index (κ3) is 2.62. The first-order valence-electron chi connectivity index (χ1n) is 6.23.